The first-order valence-electron chi connectivity index (χ1n) is 4.93. The first-order valence-corrected chi connectivity index (χ1v) is 6.08. The van der Waals surface area contributed by atoms with Crippen molar-refractivity contribution in [2.75, 3.05) is 12.9 Å². The fourth-order valence-corrected chi connectivity index (χ4v) is 2.11. The Hall–Kier alpha value is -1.27. The Morgan fingerprint density at radius 2 is 2.35 bits per heavy atom. The molecule has 0 heterocycles. The van der Waals surface area contributed by atoms with Crippen molar-refractivity contribution in [3.63, 3.8) is 0 Å². The number of methoxy groups -OCH3 is 1. The number of nitrogens with two attached hydrogens (primary N) is 1. The van der Waals surface area contributed by atoms with Crippen LogP contribution in [0, 0.1) is 5.82 Å². The van der Waals surface area contributed by atoms with Gasteiger partial charge in [0, 0.05) is 17.6 Å². The molecule has 0 saturated carbocycles. The van der Waals surface area contributed by atoms with Gasteiger partial charge < -0.3 is 15.6 Å². The van der Waals surface area contributed by atoms with Crippen LogP contribution in [0.15, 0.2) is 18.2 Å². The molecule has 94 valence electrons. The molecule has 1 rings (SSSR count). The van der Waals surface area contributed by atoms with E-state index in [2.05, 4.69) is 0 Å². The molecule has 0 aromatic heterocycles. The summed E-state index contributed by atoms with van der Waals surface area (Å²) in [6.45, 7) is 0. The molecule has 4 nitrogen and oxygen atoms in total. The molecule has 0 radical (unpaired) electrons. The Balaban J connectivity index is 2.49. The monoisotopic (exact) mass is 259 g/mol. The van der Waals surface area contributed by atoms with E-state index in [1.807, 2.05) is 0 Å². The molecule has 1 atom stereocenters. The van der Waals surface area contributed by atoms with Gasteiger partial charge in [-0.3, -0.25) is 4.79 Å². The molecule has 3 N–H and O–H groups in total. The maximum absolute atomic E-state index is 13.5. The number of hydrogen-bond donors (Lipinski definition) is 2. The van der Waals surface area contributed by atoms with Gasteiger partial charge in [0.1, 0.15) is 17.6 Å². The van der Waals surface area contributed by atoms with Gasteiger partial charge >= 0.3 is 5.97 Å². The Labute approximate surface area is 103 Å². The third-order valence-corrected chi connectivity index (χ3v) is 3.24. The standard InChI is InChI=1S/C11H14FNO3S/c1-16-8-3-2-7(9(12)4-8)5-17-6-10(13)11(14)15/h2-4,10H,5-6,13H2,1H3,(H,14,15)/t10-/m0/s1. The maximum atomic E-state index is 13.5. The van der Waals surface area contributed by atoms with Crippen molar-refractivity contribution in [2.24, 2.45) is 5.73 Å². The number of aliphatic carboxylic acids is 1. The van der Waals surface area contributed by atoms with E-state index < -0.39 is 12.0 Å². The summed E-state index contributed by atoms with van der Waals surface area (Å²) in [4.78, 5) is 10.5. The highest BCUT2D eigenvalue weighted by molar-refractivity contribution is 7.98. The summed E-state index contributed by atoms with van der Waals surface area (Å²) in [5, 5.41) is 8.57. The lowest BCUT2D eigenvalue weighted by atomic mass is 10.2. The van der Waals surface area contributed by atoms with Gasteiger partial charge in [0.2, 0.25) is 0 Å². The molecule has 6 heteroatoms. The van der Waals surface area contributed by atoms with Crippen molar-refractivity contribution in [3.05, 3.63) is 29.6 Å². The number of ether oxygens (including phenoxy) is 1. The SMILES string of the molecule is COc1ccc(CSC[C@H](N)C(=O)O)c(F)c1. The van der Waals surface area contributed by atoms with Crippen LogP contribution < -0.4 is 10.5 Å². The highest BCUT2D eigenvalue weighted by Crippen LogP contribution is 2.20. The molecule has 0 saturated heterocycles. The molecule has 1 aromatic carbocycles. The zero-order valence-corrected chi connectivity index (χ0v) is 10.2. The third kappa shape index (κ3) is 4.24. The van der Waals surface area contributed by atoms with Gasteiger partial charge in [-0.25, -0.2) is 4.39 Å². The quantitative estimate of drug-likeness (QED) is 0.809. The van der Waals surface area contributed by atoms with Crippen molar-refractivity contribution in [1.29, 1.82) is 0 Å². The van der Waals surface area contributed by atoms with Crippen LogP contribution in [0.2, 0.25) is 0 Å². The largest absolute Gasteiger partial charge is 0.497 e. The second-order valence-electron chi connectivity index (χ2n) is 3.42. The number of halogens is 1. The molecular weight excluding hydrogens is 245 g/mol. The second kappa shape index (κ2) is 6.46. The Morgan fingerprint density at radius 1 is 1.65 bits per heavy atom. The van der Waals surface area contributed by atoms with Crippen LogP contribution in [-0.4, -0.2) is 30.0 Å². The molecule has 0 fully saturated rings. The molecular formula is C11H14FNO3S. The van der Waals surface area contributed by atoms with Gasteiger partial charge in [0.25, 0.3) is 0 Å². The van der Waals surface area contributed by atoms with Crippen LogP contribution in [0.5, 0.6) is 5.75 Å². The van der Waals surface area contributed by atoms with E-state index in [9.17, 15) is 9.18 Å². The van der Waals surface area contributed by atoms with E-state index in [4.69, 9.17) is 15.6 Å². The number of benzene rings is 1. The smallest absolute Gasteiger partial charge is 0.321 e. The predicted octanol–water partition coefficient (Wildman–Crippen LogP) is 1.48. The minimum atomic E-state index is -1.05. The summed E-state index contributed by atoms with van der Waals surface area (Å²) in [6.07, 6.45) is 0. The fraction of sp³-hybridized carbons (Fsp3) is 0.364. The number of carboxylic acid groups (broad SMARTS) is 1. The Morgan fingerprint density at radius 3 is 2.88 bits per heavy atom. The summed E-state index contributed by atoms with van der Waals surface area (Å²) in [7, 11) is 1.47. The number of rotatable bonds is 6. The maximum Gasteiger partial charge on any atom is 0.321 e. The van der Waals surface area contributed by atoms with Gasteiger partial charge in [-0.2, -0.15) is 11.8 Å². The van der Waals surface area contributed by atoms with Crippen molar-refractivity contribution in [1.82, 2.24) is 0 Å². The van der Waals surface area contributed by atoms with E-state index in [1.54, 1.807) is 12.1 Å². The molecule has 17 heavy (non-hydrogen) atoms. The number of carbonyl (C=O) groups is 1. The molecule has 0 bridgehead atoms. The molecule has 0 aliphatic heterocycles. The minimum absolute atomic E-state index is 0.251. The molecule has 1 aromatic rings. The lowest BCUT2D eigenvalue weighted by Gasteiger charge is -2.07. The van der Waals surface area contributed by atoms with E-state index in [1.165, 1.54) is 24.9 Å². The molecule has 0 aliphatic carbocycles. The summed E-state index contributed by atoms with van der Waals surface area (Å²) in [6, 6.07) is 3.66. The highest BCUT2D eigenvalue weighted by Gasteiger charge is 2.11. The van der Waals surface area contributed by atoms with Crippen LogP contribution in [0.3, 0.4) is 0 Å². The number of carboxylic acids is 1. The van der Waals surface area contributed by atoms with Crippen LogP contribution in [0.4, 0.5) is 4.39 Å². The van der Waals surface area contributed by atoms with Crippen molar-refractivity contribution >= 4 is 17.7 Å². The zero-order valence-electron chi connectivity index (χ0n) is 9.35. The van der Waals surface area contributed by atoms with Gasteiger partial charge in [-0.15, -0.1) is 0 Å². The average Bonchev–Trinajstić information content (AvgIpc) is 2.30. The van der Waals surface area contributed by atoms with Crippen molar-refractivity contribution in [2.45, 2.75) is 11.8 Å². The minimum Gasteiger partial charge on any atom is -0.497 e. The van der Waals surface area contributed by atoms with Gasteiger partial charge in [0.15, 0.2) is 0 Å². The van der Waals surface area contributed by atoms with E-state index in [-0.39, 0.29) is 11.6 Å². The van der Waals surface area contributed by atoms with Gasteiger partial charge in [0.05, 0.1) is 7.11 Å². The first kappa shape index (κ1) is 13.8. The van der Waals surface area contributed by atoms with Crippen LogP contribution in [0.25, 0.3) is 0 Å². The van der Waals surface area contributed by atoms with Crippen molar-refractivity contribution < 1.29 is 19.0 Å². The number of thioether (sulfide) groups is 1. The summed E-state index contributed by atoms with van der Waals surface area (Å²) >= 11 is 1.28. The van der Waals surface area contributed by atoms with Gasteiger partial charge in [-0.1, -0.05) is 6.07 Å². The second-order valence-corrected chi connectivity index (χ2v) is 4.45. The van der Waals surface area contributed by atoms with Crippen molar-refractivity contribution in [3.8, 4) is 5.75 Å². The topological polar surface area (TPSA) is 72.5 Å². The zero-order chi connectivity index (χ0) is 12.8. The van der Waals surface area contributed by atoms with Crippen LogP contribution >= 0.6 is 11.8 Å². The van der Waals surface area contributed by atoms with Gasteiger partial charge in [-0.05, 0) is 11.6 Å². The molecule has 0 spiro atoms. The van der Waals surface area contributed by atoms with Crippen LogP contribution in [-0.2, 0) is 10.5 Å². The molecule has 0 aliphatic rings. The van der Waals surface area contributed by atoms with E-state index in [0.717, 1.165) is 0 Å². The predicted molar refractivity (Wildman–Crippen MR) is 64.7 cm³/mol. The average molecular weight is 259 g/mol. The Kier molecular flexibility index (Phi) is 5.24. The number of hydrogen-bond acceptors (Lipinski definition) is 4. The highest BCUT2D eigenvalue weighted by atomic mass is 32.2. The lowest BCUT2D eigenvalue weighted by Crippen LogP contribution is -2.32. The van der Waals surface area contributed by atoms with E-state index in [0.29, 0.717) is 17.1 Å². The lowest BCUT2D eigenvalue weighted by molar-refractivity contribution is -0.137. The summed E-state index contributed by atoms with van der Waals surface area (Å²) in [5.74, 6) is -0.315. The summed E-state index contributed by atoms with van der Waals surface area (Å²) < 4.78 is 18.4. The van der Waals surface area contributed by atoms with E-state index >= 15 is 0 Å². The third-order valence-electron chi connectivity index (χ3n) is 2.13. The first-order chi connectivity index (χ1) is 8.04. The summed E-state index contributed by atoms with van der Waals surface area (Å²) in [5.41, 5.74) is 5.84. The Bertz CT molecular complexity index is 400. The molecule has 0 amide bonds. The normalized spacial score (nSPS) is 12.2. The fourth-order valence-electron chi connectivity index (χ4n) is 1.14. The molecule has 0 unspecified atom stereocenters. The van der Waals surface area contributed by atoms with Crippen LogP contribution in [0.1, 0.15) is 5.56 Å².